The van der Waals surface area contributed by atoms with E-state index >= 15 is 0 Å². The first-order chi connectivity index (χ1) is 11.6. The molecule has 0 fully saturated rings. The molecule has 0 spiro atoms. The summed E-state index contributed by atoms with van der Waals surface area (Å²) in [5, 5.41) is 2.81. The molecule has 1 aliphatic rings. The number of carbonyl (C=O) groups is 1. The maximum Gasteiger partial charge on any atom is 0.265 e. The van der Waals surface area contributed by atoms with E-state index in [2.05, 4.69) is 5.32 Å². The van der Waals surface area contributed by atoms with Crippen molar-refractivity contribution in [2.45, 2.75) is 19.1 Å². The maximum atomic E-state index is 13.8. The highest BCUT2D eigenvalue weighted by Crippen LogP contribution is 2.31. The van der Waals surface area contributed by atoms with Crippen LogP contribution in [-0.4, -0.2) is 25.7 Å². The van der Waals surface area contributed by atoms with Crippen LogP contribution in [0.4, 0.5) is 4.39 Å². The molecule has 5 nitrogen and oxygen atoms in total. The van der Waals surface area contributed by atoms with Crippen molar-refractivity contribution in [1.82, 2.24) is 5.32 Å². The molecule has 0 unspecified atom stereocenters. The molecule has 2 atom stereocenters. The van der Waals surface area contributed by atoms with Gasteiger partial charge in [0, 0.05) is 0 Å². The lowest BCUT2D eigenvalue weighted by Gasteiger charge is -2.26. The van der Waals surface area contributed by atoms with Crippen LogP contribution in [0.15, 0.2) is 42.5 Å². The van der Waals surface area contributed by atoms with E-state index in [1.54, 1.807) is 25.1 Å². The zero-order valence-corrected chi connectivity index (χ0v) is 13.4. The molecule has 1 amide bonds. The Morgan fingerprint density at radius 1 is 1.29 bits per heavy atom. The van der Waals surface area contributed by atoms with Gasteiger partial charge in [0.15, 0.2) is 23.1 Å². The van der Waals surface area contributed by atoms with Gasteiger partial charge in [-0.1, -0.05) is 18.2 Å². The Hall–Kier alpha value is -2.76. The van der Waals surface area contributed by atoms with E-state index in [1.165, 1.54) is 19.2 Å². The van der Waals surface area contributed by atoms with Crippen molar-refractivity contribution in [3.8, 4) is 17.2 Å². The van der Waals surface area contributed by atoms with Crippen molar-refractivity contribution in [2.75, 3.05) is 13.7 Å². The topological polar surface area (TPSA) is 56.8 Å². The van der Waals surface area contributed by atoms with Crippen LogP contribution in [0.5, 0.6) is 17.2 Å². The predicted molar refractivity (Wildman–Crippen MR) is 85.9 cm³/mol. The van der Waals surface area contributed by atoms with Crippen LogP contribution in [0, 0.1) is 5.82 Å². The molecule has 2 aromatic rings. The zero-order chi connectivity index (χ0) is 17.1. The number of halogens is 1. The molecule has 1 aliphatic heterocycles. The van der Waals surface area contributed by atoms with Crippen molar-refractivity contribution in [3.63, 3.8) is 0 Å². The molecular formula is C18H18FNO4. The molecule has 24 heavy (non-hydrogen) atoms. The van der Waals surface area contributed by atoms with Crippen LogP contribution in [0.2, 0.25) is 0 Å². The van der Waals surface area contributed by atoms with E-state index in [1.807, 2.05) is 12.1 Å². The fraction of sp³-hybridized carbons (Fsp3) is 0.278. The van der Waals surface area contributed by atoms with Crippen LogP contribution in [0.25, 0.3) is 0 Å². The summed E-state index contributed by atoms with van der Waals surface area (Å²) in [4.78, 5) is 12.4. The number of rotatable bonds is 4. The van der Waals surface area contributed by atoms with Gasteiger partial charge in [-0.05, 0) is 36.8 Å². The van der Waals surface area contributed by atoms with Crippen molar-refractivity contribution in [3.05, 3.63) is 53.8 Å². The number of nitrogens with one attached hydrogen (secondary N) is 1. The minimum atomic E-state index is -0.745. The molecule has 0 bridgehead atoms. The number of hydrogen-bond acceptors (Lipinski definition) is 4. The largest absolute Gasteiger partial charge is 0.494 e. The van der Waals surface area contributed by atoms with E-state index in [0.29, 0.717) is 17.1 Å². The Morgan fingerprint density at radius 2 is 2.04 bits per heavy atom. The second-order valence-corrected chi connectivity index (χ2v) is 5.49. The molecule has 0 saturated carbocycles. The van der Waals surface area contributed by atoms with Gasteiger partial charge < -0.3 is 19.5 Å². The molecule has 1 N–H and O–H groups in total. The maximum absolute atomic E-state index is 13.8. The van der Waals surface area contributed by atoms with Crippen LogP contribution < -0.4 is 19.5 Å². The first-order valence-electron chi connectivity index (χ1n) is 7.61. The smallest absolute Gasteiger partial charge is 0.265 e. The lowest BCUT2D eigenvalue weighted by Crippen LogP contribution is -2.44. The summed E-state index contributed by atoms with van der Waals surface area (Å²) >= 11 is 0. The number of fused-ring (bicyclic) bond motifs is 1. The SMILES string of the molecule is COc1ccc([C@H](C)NC(=O)[C@@H]2COc3ccccc3O2)cc1F. The summed E-state index contributed by atoms with van der Waals surface area (Å²) in [5.74, 6) is 0.535. The Balaban J connectivity index is 1.65. The fourth-order valence-corrected chi connectivity index (χ4v) is 2.49. The molecule has 0 aromatic heterocycles. The minimum Gasteiger partial charge on any atom is -0.494 e. The third kappa shape index (κ3) is 3.27. The van der Waals surface area contributed by atoms with Crippen molar-refractivity contribution in [2.24, 2.45) is 0 Å². The van der Waals surface area contributed by atoms with E-state index in [-0.39, 0.29) is 24.3 Å². The second-order valence-electron chi connectivity index (χ2n) is 5.49. The van der Waals surface area contributed by atoms with Crippen LogP contribution in [-0.2, 0) is 4.79 Å². The zero-order valence-electron chi connectivity index (χ0n) is 13.4. The molecule has 0 saturated heterocycles. The van der Waals surface area contributed by atoms with E-state index in [4.69, 9.17) is 14.2 Å². The van der Waals surface area contributed by atoms with Crippen molar-refractivity contribution >= 4 is 5.91 Å². The number of benzene rings is 2. The summed E-state index contributed by atoms with van der Waals surface area (Å²) in [6.45, 7) is 1.91. The van der Waals surface area contributed by atoms with Gasteiger partial charge in [0.2, 0.25) is 6.10 Å². The molecule has 2 aromatic carbocycles. The van der Waals surface area contributed by atoms with Gasteiger partial charge in [-0.25, -0.2) is 4.39 Å². The van der Waals surface area contributed by atoms with Gasteiger partial charge >= 0.3 is 0 Å². The Bertz CT molecular complexity index is 750. The number of para-hydroxylation sites is 2. The van der Waals surface area contributed by atoms with Gasteiger partial charge in [0.25, 0.3) is 5.91 Å². The van der Waals surface area contributed by atoms with Crippen LogP contribution in [0.1, 0.15) is 18.5 Å². The first-order valence-corrected chi connectivity index (χ1v) is 7.61. The second kappa shape index (κ2) is 6.78. The summed E-state index contributed by atoms with van der Waals surface area (Å²) in [6, 6.07) is 11.4. The van der Waals surface area contributed by atoms with E-state index in [0.717, 1.165) is 0 Å². The minimum absolute atomic E-state index is 0.131. The molecule has 3 rings (SSSR count). The normalized spacial score (nSPS) is 17.0. The fourth-order valence-electron chi connectivity index (χ4n) is 2.49. The summed E-state index contributed by atoms with van der Waals surface area (Å²) < 4.78 is 29.9. The third-order valence-electron chi connectivity index (χ3n) is 3.84. The lowest BCUT2D eigenvalue weighted by molar-refractivity contribution is -0.131. The van der Waals surface area contributed by atoms with Crippen LogP contribution >= 0.6 is 0 Å². The molecule has 0 aliphatic carbocycles. The summed E-state index contributed by atoms with van der Waals surface area (Å²) in [7, 11) is 1.40. The number of methoxy groups -OCH3 is 1. The Morgan fingerprint density at radius 3 is 2.75 bits per heavy atom. The van der Waals surface area contributed by atoms with Gasteiger partial charge in [0.1, 0.15) is 6.61 Å². The molecule has 126 valence electrons. The van der Waals surface area contributed by atoms with Crippen molar-refractivity contribution < 1.29 is 23.4 Å². The highest BCUT2D eigenvalue weighted by Gasteiger charge is 2.28. The first kappa shape index (κ1) is 16.1. The number of amides is 1. The standard InChI is InChI=1S/C18H18FNO4/c1-11(12-7-8-14(22-2)13(19)9-12)20-18(21)17-10-23-15-5-3-4-6-16(15)24-17/h3-9,11,17H,10H2,1-2H3,(H,20,21)/t11-,17-/m0/s1. The Kier molecular flexibility index (Phi) is 4.55. The quantitative estimate of drug-likeness (QED) is 0.936. The summed E-state index contributed by atoms with van der Waals surface area (Å²) in [5.41, 5.74) is 0.638. The third-order valence-corrected chi connectivity index (χ3v) is 3.84. The van der Waals surface area contributed by atoms with Crippen molar-refractivity contribution in [1.29, 1.82) is 0 Å². The molecular weight excluding hydrogens is 313 g/mol. The molecule has 6 heteroatoms. The lowest BCUT2D eigenvalue weighted by atomic mass is 10.1. The number of ether oxygens (including phenoxy) is 3. The van der Waals surface area contributed by atoms with Gasteiger partial charge in [-0.3, -0.25) is 4.79 Å². The average molecular weight is 331 g/mol. The van der Waals surface area contributed by atoms with E-state index in [9.17, 15) is 9.18 Å². The summed E-state index contributed by atoms with van der Waals surface area (Å²) in [6.07, 6.45) is -0.745. The molecule has 1 heterocycles. The van der Waals surface area contributed by atoms with Gasteiger partial charge in [-0.2, -0.15) is 0 Å². The molecule has 0 radical (unpaired) electrons. The highest BCUT2D eigenvalue weighted by molar-refractivity contribution is 5.82. The van der Waals surface area contributed by atoms with E-state index < -0.39 is 11.9 Å². The van der Waals surface area contributed by atoms with Crippen LogP contribution in [0.3, 0.4) is 0 Å². The number of hydrogen-bond donors (Lipinski definition) is 1. The Labute approximate surface area is 139 Å². The monoisotopic (exact) mass is 331 g/mol. The van der Waals surface area contributed by atoms with Gasteiger partial charge in [-0.15, -0.1) is 0 Å². The number of carbonyl (C=O) groups excluding carboxylic acids is 1. The average Bonchev–Trinajstić information content (AvgIpc) is 2.61. The predicted octanol–water partition coefficient (Wildman–Crippen LogP) is 2.85. The highest BCUT2D eigenvalue weighted by atomic mass is 19.1. The van der Waals surface area contributed by atoms with Gasteiger partial charge in [0.05, 0.1) is 13.2 Å².